The van der Waals surface area contributed by atoms with Gasteiger partial charge in [-0.15, -0.1) is 0 Å². The summed E-state index contributed by atoms with van der Waals surface area (Å²) in [5.74, 6) is 0. The zero-order valence-electron chi connectivity index (χ0n) is 12.0. The second-order valence-electron chi connectivity index (χ2n) is 5.81. The first-order valence-electron chi connectivity index (χ1n) is 7.54. The Kier molecular flexibility index (Phi) is 6.53. The maximum absolute atomic E-state index is 9.85. The summed E-state index contributed by atoms with van der Waals surface area (Å²) in [5.41, 5.74) is 0. The van der Waals surface area contributed by atoms with Crippen molar-refractivity contribution in [2.24, 2.45) is 0 Å². The van der Waals surface area contributed by atoms with E-state index in [1.54, 1.807) is 0 Å². The predicted octanol–water partition coefficient (Wildman–Crippen LogP) is 0.227. The maximum atomic E-state index is 9.85. The average molecular weight is 272 g/mol. The summed E-state index contributed by atoms with van der Waals surface area (Å²) in [6, 6.07) is 0. The van der Waals surface area contributed by atoms with E-state index in [2.05, 4.69) is 17.3 Å². The topological polar surface area (TPSA) is 54.0 Å². The number of aliphatic hydroxyl groups excluding tert-OH is 1. The van der Waals surface area contributed by atoms with Crippen molar-refractivity contribution >= 4 is 0 Å². The van der Waals surface area contributed by atoms with E-state index in [-0.39, 0.29) is 6.10 Å². The molecule has 5 heteroatoms. The molecule has 0 spiro atoms. The highest BCUT2D eigenvalue weighted by molar-refractivity contribution is 4.72. The highest BCUT2D eigenvalue weighted by Gasteiger charge is 2.19. The van der Waals surface area contributed by atoms with Crippen LogP contribution in [-0.4, -0.2) is 74.8 Å². The van der Waals surface area contributed by atoms with E-state index < -0.39 is 6.10 Å². The molecule has 0 aromatic carbocycles. The van der Waals surface area contributed by atoms with Crippen LogP contribution in [0.4, 0.5) is 0 Å². The van der Waals surface area contributed by atoms with Crippen molar-refractivity contribution in [2.75, 3.05) is 46.4 Å². The van der Waals surface area contributed by atoms with E-state index in [4.69, 9.17) is 9.47 Å². The monoisotopic (exact) mass is 272 g/mol. The average Bonchev–Trinajstić information content (AvgIpc) is 2.89. The molecule has 2 rings (SSSR count). The van der Waals surface area contributed by atoms with Crippen molar-refractivity contribution in [1.82, 2.24) is 10.2 Å². The molecule has 19 heavy (non-hydrogen) atoms. The van der Waals surface area contributed by atoms with Crippen LogP contribution in [-0.2, 0) is 9.47 Å². The third kappa shape index (κ3) is 5.75. The number of rotatable bonds is 7. The van der Waals surface area contributed by atoms with Gasteiger partial charge in [0.2, 0.25) is 0 Å². The first-order valence-corrected chi connectivity index (χ1v) is 7.54. The minimum absolute atomic E-state index is 0.238. The zero-order valence-corrected chi connectivity index (χ0v) is 12.0. The smallest absolute Gasteiger partial charge is 0.0897 e. The molecule has 0 bridgehead atoms. The molecular formula is C14H28N2O3. The molecule has 0 aromatic heterocycles. The summed E-state index contributed by atoms with van der Waals surface area (Å²) >= 11 is 0. The number of ether oxygens (including phenoxy) is 2. The maximum Gasteiger partial charge on any atom is 0.0897 e. The van der Waals surface area contributed by atoms with Crippen LogP contribution in [0.3, 0.4) is 0 Å². The number of hydrogen-bond acceptors (Lipinski definition) is 5. The molecule has 2 N–H and O–H groups in total. The van der Waals surface area contributed by atoms with Crippen LogP contribution in [0.5, 0.6) is 0 Å². The lowest BCUT2D eigenvalue weighted by Gasteiger charge is -2.30. The Bertz CT molecular complexity index is 247. The summed E-state index contributed by atoms with van der Waals surface area (Å²) in [6.45, 7) is 4.59. The fraction of sp³-hybridized carbons (Fsp3) is 1.00. The molecule has 1 saturated carbocycles. The molecule has 2 unspecified atom stereocenters. The number of aliphatic hydroxyl groups is 1. The van der Waals surface area contributed by atoms with E-state index in [1.807, 2.05) is 0 Å². The molecule has 1 aliphatic heterocycles. The molecule has 1 saturated heterocycles. The van der Waals surface area contributed by atoms with E-state index in [0.717, 1.165) is 39.1 Å². The molecule has 1 aliphatic carbocycles. The van der Waals surface area contributed by atoms with Crippen molar-refractivity contribution in [2.45, 2.75) is 44.0 Å². The van der Waals surface area contributed by atoms with E-state index in [0.29, 0.717) is 19.3 Å². The third-order valence-electron chi connectivity index (χ3n) is 3.92. The lowest BCUT2D eigenvalue weighted by atomic mass is 10.2. The Labute approximate surface area is 116 Å². The van der Waals surface area contributed by atoms with Crippen LogP contribution in [0.1, 0.15) is 25.7 Å². The quantitative estimate of drug-likeness (QED) is 0.695. The van der Waals surface area contributed by atoms with Gasteiger partial charge in [-0.1, -0.05) is 12.8 Å². The van der Waals surface area contributed by atoms with E-state index >= 15 is 0 Å². The van der Waals surface area contributed by atoms with Gasteiger partial charge in [-0.05, 0) is 19.9 Å². The van der Waals surface area contributed by atoms with Crippen LogP contribution in [0, 0.1) is 0 Å². The second kappa shape index (κ2) is 8.17. The number of morpholine rings is 1. The van der Waals surface area contributed by atoms with Crippen molar-refractivity contribution in [3.8, 4) is 0 Å². The second-order valence-corrected chi connectivity index (χ2v) is 5.81. The van der Waals surface area contributed by atoms with Gasteiger partial charge in [0, 0.05) is 26.2 Å². The van der Waals surface area contributed by atoms with Gasteiger partial charge in [0.05, 0.1) is 31.5 Å². The Balaban J connectivity index is 1.49. The minimum Gasteiger partial charge on any atom is -0.389 e. The predicted molar refractivity (Wildman–Crippen MR) is 74.3 cm³/mol. The molecule has 0 aromatic rings. The fourth-order valence-electron chi connectivity index (χ4n) is 2.76. The molecule has 5 nitrogen and oxygen atoms in total. The van der Waals surface area contributed by atoms with Gasteiger partial charge in [-0.25, -0.2) is 0 Å². The summed E-state index contributed by atoms with van der Waals surface area (Å²) < 4.78 is 11.3. The number of nitrogens with one attached hydrogen (secondary N) is 1. The van der Waals surface area contributed by atoms with Gasteiger partial charge in [0.1, 0.15) is 0 Å². The number of hydrogen-bond donors (Lipinski definition) is 2. The molecule has 0 amide bonds. The Morgan fingerprint density at radius 1 is 1.42 bits per heavy atom. The third-order valence-corrected chi connectivity index (χ3v) is 3.92. The van der Waals surface area contributed by atoms with Crippen molar-refractivity contribution < 1.29 is 14.6 Å². The molecule has 2 aliphatic rings. The standard InChI is InChI=1S/C14H28N2O3/c1-16-6-7-18-14(10-16)9-15-8-12(17)11-19-13-4-2-3-5-13/h12-15,17H,2-11H2,1H3. The van der Waals surface area contributed by atoms with E-state index in [9.17, 15) is 5.11 Å². The lowest BCUT2D eigenvalue weighted by molar-refractivity contribution is -0.0247. The molecule has 2 atom stereocenters. The van der Waals surface area contributed by atoms with Crippen LogP contribution < -0.4 is 5.32 Å². The van der Waals surface area contributed by atoms with Crippen molar-refractivity contribution in [3.63, 3.8) is 0 Å². The first-order chi connectivity index (χ1) is 9.24. The molecule has 1 heterocycles. The van der Waals surface area contributed by atoms with Gasteiger partial charge in [0.25, 0.3) is 0 Å². The van der Waals surface area contributed by atoms with Crippen LogP contribution in [0.2, 0.25) is 0 Å². The number of likely N-dealkylation sites (N-methyl/N-ethyl adjacent to an activating group) is 1. The van der Waals surface area contributed by atoms with Crippen LogP contribution in [0.15, 0.2) is 0 Å². The first kappa shape index (κ1) is 15.2. The highest BCUT2D eigenvalue weighted by atomic mass is 16.5. The Morgan fingerprint density at radius 2 is 2.21 bits per heavy atom. The van der Waals surface area contributed by atoms with Gasteiger partial charge >= 0.3 is 0 Å². The van der Waals surface area contributed by atoms with Gasteiger partial charge in [-0.3, -0.25) is 0 Å². The Morgan fingerprint density at radius 3 is 2.95 bits per heavy atom. The van der Waals surface area contributed by atoms with Gasteiger partial charge in [-0.2, -0.15) is 0 Å². The normalized spacial score (nSPS) is 27.8. The van der Waals surface area contributed by atoms with E-state index in [1.165, 1.54) is 12.8 Å². The molecule has 0 radical (unpaired) electrons. The SMILES string of the molecule is CN1CCOC(CNCC(O)COC2CCCC2)C1. The fourth-order valence-corrected chi connectivity index (χ4v) is 2.76. The molecular weight excluding hydrogens is 244 g/mol. The molecule has 112 valence electrons. The van der Waals surface area contributed by atoms with Crippen LogP contribution in [0.25, 0.3) is 0 Å². The Hall–Kier alpha value is -0.200. The highest BCUT2D eigenvalue weighted by Crippen LogP contribution is 2.20. The van der Waals surface area contributed by atoms with Gasteiger partial charge < -0.3 is 24.8 Å². The lowest BCUT2D eigenvalue weighted by Crippen LogP contribution is -2.46. The van der Waals surface area contributed by atoms with Crippen molar-refractivity contribution in [3.05, 3.63) is 0 Å². The van der Waals surface area contributed by atoms with Gasteiger partial charge in [0.15, 0.2) is 0 Å². The van der Waals surface area contributed by atoms with Crippen LogP contribution >= 0.6 is 0 Å². The molecule has 2 fully saturated rings. The van der Waals surface area contributed by atoms with Crippen molar-refractivity contribution in [1.29, 1.82) is 0 Å². The summed E-state index contributed by atoms with van der Waals surface area (Å²) in [7, 11) is 2.11. The largest absolute Gasteiger partial charge is 0.389 e. The number of nitrogens with zero attached hydrogens (tertiary/aromatic N) is 1. The minimum atomic E-state index is -0.415. The summed E-state index contributed by atoms with van der Waals surface area (Å²) in [5, 5.41) is 13.1. The summed E-state index contributed by atoms with van der Waals surface area (Å²) in [6.07, 6.45) is 5.05. The summed E-state index contributed by atoms with van der Waals surface area (Å²) in [4.78, 5) is 2.27. The zero-order chi connectivity index (χ0) is 13.5.